The maximum absolute atomic E-state index is 3.48. The average Bonchev–Trinajstić information content (AvgIpc) is 2.99. The maximum Gasteiger partial charge on any atom is 0.0331 e. The number of nitrogens with one attached hydrogen (secondary N) is 1. The zero-order chi connectivity index (χ0) is 13.7. The van der Waals surface area contributed by atoms with Crippen molar-refractivity contribution >= 4 is 11.3 Å². The second kappa shape index (κ2) is 7.41. The van der Waals surface area contributed by atoms with Crippen molar-refractivity contribution in [3.63, 3.8) is 0 Å². The second-order valence-corrected chi connectivity index (χ2v) is 7.22. The Hall–Kier alpha value is -0.380. The summed E-state index contributed by atoms with van der Waals surface area (Å²) in [7, 11) is 0. The van der Waals surface area contributed by atoms with Gasteiger partial charge in [-0.3, -0.25) is 4.90 Å². The molecule has 1 fully saturated rings. The molecule has 0 amide bonds. The van der Waals surface area contributed by atoms with E-state index in [2.05, 4.69) is 43.1 Å². The summed E-state index contributed by atoms with van der Waals surface area (Å²) in [5.74, 6) is 0.785. The van der Waals surface area contributed by atoms with Crippen LogP contribution < -0.4 is 5.32 Å². The molecule has 1 aromatic heterocycles. The zero-order valence-corrected chi connectivity index (χ0v) is 13.4. The minimum atomic E-state index is 0.785. The molecule has 1 aliphatic rings. The quantitative estimate of drug-likeness (QED) is 0.763. The van der Waals surface area contributed by atoms with Crippen LogP contribution in [0.2, 0.25) is 0 Å². The smallest absolute Gasteiger partial charge is 0.0331 e. The van der Waals surface area contributed by atoms with Crippen LogP contribution >= 0.6 is 11.3 Å². The van der Waals surface area contributed by atoms with Crippen LogP contribution in [0.4, 0.5) is 0 Å². The molecule has 1 unspecified atom stereocenters. The fraction of sp³-hybridized carbons (Fsp3) is 0.750. The van der Waals surface area contributed by atoms with Gasteiger partial charge in [0.2, 0.25) is 0 Å². The van der Waals surface area contributed by atoms with Gasteiger partial charge in [-0.1, -0.05) is 20.8 Å². The maximum atomic E-state index is 3.48. The van der Waals surface area contributed by atoms with Crippen molar-refractivity contribution in [2.75, 3.05) is 13.1 Å². The normalized spacial score (nSPS) is 20.5. The third kappa shape index (κ3) is 4.30. The Balaban J connectivity index is 1.85. The zero-order valence-electron chi connectivity index (χ0n) is 12.6. The molecule has 19 heavy (non-hydrogen) atoms. The molecule has 1 N–H and O–H groups in total. The van der Waals surface area contributed by atoms with Gasteiger partial charge in [0.05, 0.1) is 0 Å². The standard InChI is InChI=1S/C16H28N2S/c1-4-9-17-11-14-7-8-15(19-14)12-18-10-5-6-16(18)13(2)3/h7-8,13,16-17H,4-6,9-12H2,1-3H3. The Morgan fingerprint density at radius 2 is 2.16 bits per heavy atom. The van der Waals surface area contributed by atoms with Gasteiger partial charge < -0.3 is 5.32 Å². The van der Waals surface area contributed by atoms with E-state index in [9.17, 15) is 0 Å². The van der Waals surface area contributed by atoms with Gasteiger partial charge in [0.25, 0.3) is 0 Å². The highest BCUT2D eigenvalue weighted by molar-refractivity contribution is 7.11. The van der Waals surface area contributed by atoms with Gasteiger partial charge in [-0.25, -0.2) is 0 Å². The van der Waals surface area contributed by atoms with E-state index in [1.165, 1.54) is 35.6 Å². The molecule has 0 saturated carbocycles. The first-order valence-corrected chi connectivity index (χ1v) is 8.54. The Kier molecular flexibility index (Phi) is 5.86. The highest BCUT2D eigenvalue weighted by Gasteiger charge is 2.27. The van der Waals surface area contributed by atoms with Crippen molar-refractivity contribution in [2.24, 2.45) is 5.92 Å². The first-order chi connectivity index (χ1) is 9.20. The van der Waals surface area contributed by atoms with E-state index in [0.717, 1.165) is 31.6 Å². The van der Waals surface area contributed by atoms with Crippen molar-refractivity contribution in [2.45, 2.75) is 59.2 Å². The highest BCUT2D eigenvalue weighted by Crippen LogP contribution is 2.27. The molecule has 0 bridgehead atoms. The lowest BCUT2D eigenvalue weighted by atomic mass is 10.0. The summed E-state index contributed by atoms with van der Waals surface area (Å²) in [6.07, 6.45) is 3.97. The Morgan fingerprint density at radius 3 is 2.89 bits per heavy atom. The molecule has 2 nitrogen and oxygen atoms in total. The molecule has 1 atom stereocenters. The second-order valence-electron chi connectivity index (χ2n) is 5.97. The van der Waals surface area contributed by atoms with Crippen molar-refractivity contribution in [3.05, 3.63) is 21.9 Å². The molecular formula is C16H28N2S. The van der Waals surface area contributed by atoms with Crippen LogP contribution in [0, 0.1) is 5.92 Å². The molecule has 1 aliphatic heterocycles. The minimum absolute atomic E-state index is 0.785. The summed E-state index contributed by atoms with van der Waals surface area (Å²) in [5.41, 5.74) is 0. The molecule has 108 valence electrons. The molecule has 0 aromatic carbocycles. The molecule has 3 heteroatoms. The van der Waals surface area contributed by atoms with Crippen LogP contribution in [-0.2, 0) is 13.1 Å². The molecule has 0 radical (unpaired) electrons. The van der Waals surface area contributed by atoms with Crippen LogP contribution in [0.1, 0.15) is 49.8 Å². The lowest BCUT2D eigenvalue weighted by Crippen LogP contribution is -2.32. The topological polar surface area (TPSA) is 15.3 Å². The first-order valence-electron chi connectivity index (χ1n) is 7.73. The molecular weight excluding hydrogens is 252 g/mol. The van der Waals surface area contributed by atoms with E-state index >= 15 is 0 Å². The van der Waals surface area contributed by atoms with Crippen molar-refractivity contribution < 1.29 is 0 Å². The number of likely N-dealkylation sites (tertiary alicyclic amines) is 1. The van der Waals surface area contributed by atoms with E-state index in [1.807, 2.05) is 11.3 Å². The number of rotatable bonds is 7. The third-order valence-corrected chi connectivity index (χ3v) is 5.06. The van der Waals surface area contributed by atoms with Crippen LogP contribution in [-0.4, -0.2) is 24.0 Å². The van der Waals surface area contributed by atoms with E-state index in [0.29, 0.717) is 0 Å². The monoisotopic (exact) mass is 280 g/mol. The molecule has 2 heterocycles. The Labute approximate surface area is 122 Å². The summed E-state index contributed by atoms with van der Waals surface area (Å²) in [6, 6.07) is 5.41. The molecule has 1 saturated heterocycles. The van der Waals surface area contributed by atoms with Crippen LogP contribution in [0.15, 0.2) is 12.1 Å². The Bertz CT molecular complexity index is 373. The van der Waals surface area contributed by atoms with Gasteiger partial charge in [0.1, 0.15) is 0 Å². The lowest BCUT2D eigenvalue weighted by Gasteiger charge is -2.26. The van der Waals surface area contributed by atoms with Crippen molar-refractivity contribution in [3.8, 4) is 0 Å². The van der Waals surface area contributed by atoms with Gasteiger partial charge >= 0.3 is 0 Å². The van der Waals surface area contributed by atoms with Crippen molar-refractivity contribution in [1.29, 1.82) is 0 Å². The van der Waals surface area contributed by atoms with Gasteiger partial charge in [-0.05, 0) is 50.4 Å². The van der Waals surface area contributed by atoms with E-state index in [-0.39, 0.29) is 0 Å². The number of nitrogens with zero attached hydrogens (tertiary/aromatic N) is 1. The SMILES string of the molecule is CCCNCc1ccc(CN2CCCC2C(C)C)s1. The summed E-state index contributed by atoms with van der Waals surface area (Å²) in [5, 5.41) is 3.48. The molecule has 0 aliphatic carbocycles. The minimum Gasteiger partial charge on any atom is -0.312 e. The molecule has 1 aromatic rings. The van der Waals surface area contributed by atoms with Crippen LogP contribution in [0.25, 0.3) is 0 Å². The van der Waals surface area contributed by atoms with Gasteiger partial charge in [-0.2, -0.15) is 0 Å². The lowest BCUT2D eigenvalue weighted by molar-refractivity contribution is 0.200. The summed E-state index contributed by atoms with van der Waals surface area (Å²) in [4.78, 5) is 5.68. The van der Waals surface area contributed by atoms with Gasteiger partial charge in [0.15, 0.2) is 0 Å². The first kappa shape index (κ1) is 15.0. The van der Waals surface area contributed by atoms with Crippen LogP contribution in [0.5, 0.6) is 0 Å². The number of thiophene rings is 1. The van der Waals surface area contributed by atoms with E-state index in [4.69, 9.17) is 0 Å². The Morgan fingerprint density at radius 1 is 1.37 bits per heavy atom. The van der Waals surface area contributed by atoms with Crippen LogP contribution in [0.3, 0.4) is 0 Å². The number of hydrogen-bond acceptors (Lipinski definition) is 3. The summed E-state index contributed by atoms with van der Waals surface area (Å²) < 4.78 is 0. The van der Waals surface area contributed by atoms with E-state index < -0.39 is 0 Å². The predicted molar refractivity (Wildman–Crippen MR) is 84.6 cm³/mol. The largest absolute Gasteiger partial charge is 0.312 e. The van der Waals surface area contributed by atoms with Gasteiger partial charge in [0, 0.05) is 28.9 Å². The summed E-state index contributed by atoms with van der Waals surface area (Å²) >= 11 is 1.98. The fourth-order valence-corrected chi connectivity index (χ4v) is 4.01. The van der Waals surface area contributed by atoms with Crippen molar-refractivity contribution in [1.82, 2.24) is 10.2 Å². The molecule has 2 rings (SSSR count). The average molecular weight is 280 g/mol. The third-order valence-electron chi connectivity index (χ3n) is 3.99. The van der Waals surface area contributed by atoms with Gasteiger partial charge in [-0.15, -0.1) is 11.3 Å². The highest BCUT2D eigenvalue weighted by atomic mass is 32.1. The predicted octanol–water partition coefficient (Wildman–Crippen LogP) is 3.87. The molecule has 0 spiro atoms. The fourth-order valence-electron chi connectivity index (χ4n) is 2.99. The van der Waals surface area contributed by atoms with E-state index in [1.54, 1.807) is 0 Å². The summed E-state index contributed by atoms with van der Waals surface area (Å²) in [6.45, 7) is 11.5. The number of hydrogen-bond donors (Lipinski definition) is 1.